The van der Waals surface area contributed by atoms with Crippen molar-refractivity contribution in [1.82, 2.24) is 5.32 Å². The van der Waals surface area contributed by atoms with Gasteiger partial charge in [-0.25, -0.2) is 0 Å². The van der Waals surface area contributed by atoms with Crippen LogP contribution >= 0.6 is 23.0 Å². The lowest BCUT2D eigenvalue weighted by Crippen LogP contribution is -2.38. The molecule has 1 aromatic rings. The van der Waals surface area contributed by atoms with Gasteiger partial charge in [0, 0.05) is 12.1 Å². The number of carbonyl (C=O) groups is 1. The molecule has 0 spiro atoms. The summed E-state index contributed by atoms with van der Waals surface area (Å²) in [6.45, 7) is 4.03. The molecule has 0 amide bonds. The Morgan fingerprint density at radius 3 is 2.44 bits per heavy atom. The number of rotatable bonds is 7. The summed E-state index contributed by atoms with van der Waals surface area (Å²) < 4.78 is 5.06. The molecule has 0 unspecified atom stereocenters. The molecule has 0 heterocycles. The molecule has 0 aromatic heterocycles. The van der Waals surface area contributed by atoms with E-state index in [-0.39, 0.29) is 18.5 Å². The molecular formula is C13H18INO3. The van der Waals surface area contributed by atoms with Crippen LogP contribution in [-0.2, 0) is 11.2 Å². The Balaban J connectivity index is 2.65. The number of hydrogen-bond acceptors (Lipinski definition) is 3. The van der Waals surface area contributed by atoms with Crippen molar-refractivity contribution >= 4 is 29.0 Å². The monoisotopic (exact) mass is 363 g/mol. The van der Waals surface area contributed by atoms with Crippen LogP contribution in [0.4, 0.5) is 0 Å². The van der Waals surface area contributed by atoms with Gasteiger partial charge >= 0.3 is 5.97 Å². The number of benzene rings is 1. The molecule has 1 atom stereocenters. The van der Waals surface area contributed by atoms with Gasteiger partial charge in [-0.2, -0.15) is 0 Å². The van der Waals surface area contributed by atoms with Gasteiger partial charge in [0.15, 0.2) is 23.0 Å². The Labute approximate surface area is 121 Å². The minimum atomic E-state index is -0.777. The minimum Gasteiger partial charge on any atom is -0.481 e. The van der Waals surface area contributed by atoms with Crippen molar-refractivity contribution in [3.8, 4) is 5.75 Å². The van der Waals surface area contributed by atoms with Crippen molar-refractivity contribution in [2.75, 3.05) is 0 Å². The predicted molar refractivity (Wildman–Crippen MR) is 79.1 cm³/mol. The summed E-state index contributed by atoms with van der Waals surface area (Å²) in [4.78, 5) is 10.8. The van der Waals surface area contributed by atoms with Crippen molar-refractivity contribution in [2.45, 2.75) is 38.8 Å². The number of halogens is 1. The zero-order valence-corrected chi connectivity index (χ0v) is 12.7. The van der Waals surface area contributed by atoms with Gasteiger partial charge in [-0.05, 0) is 24.1 Å². The Kier molecular flexibility index (Phi) is 6.42. The first-order valence-corrected chi connectivity index (χ1v) is 6.74. The average Bonchev–Trinajstić information content (AvgIpc) is 2.28. The molecule has 2 N–H and O–H groups in total. The van der Waals surface area contributed by atoms with Crippen molar-refractivity contribution in [1.29, 1.82) is 0 Å². The van der Waals surface area contributed by atoms with Crippen LogP contribution in [0, 0.1) is 0 Å². The zero-order valence-electron chi connectivity index (χ0n) is 10.5. The van der Waals surface area contributed by atoms with Crippen LogP contribution in [0.25, 0.3) is 0 Å². The van der Waals surface area contributed by atoms with Gasteiger partial charge in [-0.3, -0.25) is 4.79 Å². The van der Waals surface area contributed by atoms with E-state index in [0.29, 0.717) is 6.42 Å². The standard InChI is InChI=1S/C13H18INO3/c1-9(2)15-11(8-13(16)17)7-10-3-5-12(18-14)6-4-10/h3-6,9,11,15H,7-8H2,1-2H3,(H,16,17)/t11-/m0/s1. The fourth-order valence-corrected chi connectivity index (χ4v) is 2.13. The zero-order chi connectivity index (χ0) is 13.5. The molecule has 5 heteroatoms. The molecule has 0 aliphatic carbocycles. The topological polar surface area (TPSA) is 58.6 Å². The maximum Gasteiger partial charge on any atom is 0.304 e. The molecule has 0 saturated heterocycles. The number of hydrogen-bond donors (Lipinski definition) is 2. The van der Waals surface area contributed by atoms with Gasteiger partial charge in [0.1, 0.15) is 5.75 Å². The first-order valence-electron chi connectivity index (χ1n) is 5.86. The van der Waals surface area contributed by atoms with Crippen molar-refractivity contribution in [2.24, 2.45) is 0 Å². The second-order valence-electron chi connectivity index (χ2n) is 4.54. The lowest BCUT2D eigenvalue weighted by Gasteiger charge is -2.19. The largest absolute Gasteiger partial charge is 0.481 e. The molecule has 1 rings (SSSR count). The van der Waals surface area contributed by atoms with Gasteiger partial charge in [-0.1, -0.05) is 26.0 Å². The summed E-state index contributed by atoms with van der Waals surface area (Å²) >= 11 is 1.83. The molecule has 0 aliphatic heterocycles. The number of aliphatic carboxylic acids is 1. The third-order valence-electron chi connectivity index (χ3n) is 2.48. The third kappa shape index (κ3) is 5.68. The first kappa shape index (κ1) is 15.2. The van der Waals surface area contributed by atoms with Gasteiger partial charge < -0.3 is 13.5 Å². The molecule has 0 bridgehead atoms. The predicted octanol–water partition coefficient (Wildman–Crippen LogP) is 2.80. The highest BCUT2D eigenvalue weighted by Gasteiger charge is 2.14. The van der Waals surface area contributed by atoms with E-state index in [1.165, 1.54) is 0 Å². The van der Waals surface area contributed by atoms with Crippen LogP contribution < -0.4 is 8.38 Å². The summed E-state index contributed by atoms with van der Waals surface area (Å²) in [5.74, 6) is 0.0197. The second kappa shape index (κ2) is 7.58. The molecule has 100 valence electrons. The fraction of sp³-hybridized carbons (Fsp3) is 0.462. The van der Waals surface area contributed by atoms with Crippen LogP contribution in [0.3, 0.4) is 0 Å². The van der Waals surface area contributed by atoms with Gasteiger partial charge in [0.05, 0.1) is 6.42 Å². The molecular weight excluding hydrogens is 345 g/mol. The Morgan fingerprint density at radius 1 is 1.39 bits per heavy atom. The average molecular weight is 363 g/mol. The van der Waals surface area contributed by atoms with E-state index >= 15 is 0 Å². The number of carboxylic acids is 1. The van der Waals surface area contributed by atoms with Crippen molar-refractivity contribution in [3.63, 3.8) is 0 Å². The van der Waals surface area contributed by atoms with Crippen LogP contribution in [0.1, 0.15) is 25.8 Å². The van der Waals surface area contributed by atoms with E-state index in [2.05, 4.69) is 5.32 Å². The number of nitrogens with one attached hydrogen (secondary N) is 1. The number of carboxylic acid groups (broad SMARTS) is 1. The van der Waals surface area contributed by atoms with Crippen LogP contribution in [0.2, 0.25) is 0 Å². The molecule has 0 aliphatic rings. The van der Waals surface area contributed by atoms with Crippen molar-refractivity contribution in [3.05, 3.63) is 29.8 Å². The highest BCUT2D eigenvalue weighted by atomic mass is 127. The summed E-state index contributed by atoms with van der Waals surface area (Å²) in [6.07, 6.45) is 0.828. The third-order valence-corrected chi connectivity index (χ3v) is 2.99. The molecule has 0 saturated carbocycles. The molecule has 1 aromatic carbocycles. The van der Waals surface area contributed by atoms with E-state index in [4.69, 9.17) is 8.17 Å². The lowest BCUT2D eigenvalue weighted by molar-refractivity contribution is -0.137. The summed E-state index contributed by atoms with van der Waals surface area (Å²) in [7, 11) is 0. The van der Waals surface area contributed by atoms with Crippen molar-refractivity contribution < 1.29 is 13.0 Å². The summed E-state index contributed by atoms with van der Waals surface area (Å²) in [5, 5.41) is 12.2. The normalized spacial score (nSPS) is 12.4. The highest BCUT2D eigenvalue weighted by molar-refractivity contribution is 14.1. The Hall–Kier alpha value is -0.820. The SMILES string of the molecule is CC(C)N[C@H](CC(=O)O)Cc1ccc(OI)cc1. The Bertz CT molecular complexity index is 378. The van der Waals surface area contributed by atoms with Gasteiger partial charge in [0.2, 0.25) is 0 Å². The quantitative estimate of drug-likeness (QED) is 0.732. The lowest BCUT2D eigenvalue weighted by atomic mass is 10.0. The van der Waals surface area contributed by atoms with Gasteiger partial charge in [-0.15, -0.1) is 0 Å². The molecule has 0 fully saturated rings. The maximum absolute atomic E-state index is 10.8. The molecule has 4 nitrogen and oxygen atoms in total. The minimum absolute atomic E-state index is 0.0473. The maximum atomic E-state index is 10.8. The van der Waals surface area contributed by atoms with Crippen LogP contribution in [0.5, 0.6) is 5.75 Å². The first-order chi connectivity index (χ1) is 8.51. The highest BCUT2D eigenvalue weighted by Crippen LogP contribution is 2.16. The van der Waals surface area contributed by atoms with E-state index in [1.807, 2.05) is 61.1 Å². The Morgan fingerprint density at radius 2 is 2.00 bits per heavy atom. The summed E-state index contributed by atoms with van der Waals surface area (Å²) in [5.41, 5.74) is 1.10. The van der Waals surface area contributed by atoms with Crippen LogP contribution in [-0.4, -0.2) is 23.2 Å². The fourth-order valence-electron chi connectivity index (χ4n) is 1.83. The van der Waals surface area contributed by atoms with E-state index in [1.54, 1.807) is 0 Å². The molecule has 18 heavy (non-hydrogen) atoms. The van der Waals surface area contributed by atoms with E-state index in [0.717, 1.165) is 11.3 Å². The van der Waals surface area contributed by atoms with Gasteiger partial charge in [0.25, 0.3) is 0 Å². The van der Waals surface area contributed by atoms with Crippen LogP contribution in [0.15, 0.2) is 24.3 Å². The summed E-state index contributed by atoms with van der Waals surface area (Å²) in [6, 6.07) is 7.92. The van der Waals surface area contributed by atoms with E-state index < -0.39 is 5.97 Å². The molecule has 0 radical (unpaired) electrons. The smallest absolute Gasteiger partial charge is 0.304 e. The second-order valence-corrected chi connectivity index (χ2v) is 4.98. The van der Waals surface area contributed by atoms with E-state index in [9.17, 15) is 4.79 Å².